The van der Waals surface area contributed by atoms with E-state index < -0.39 is 15.6 Å². The van der Waals surface area contributed by atoms with Crippen molar-refractivity contribution >= 4 is 21.6 Å². The molecule has 0 rings (SSSR count). The van der Waals surface area contributed by atoms with Gasteiger partial charge in [0.2, 0.25) is 10.0 Å². The highest BCUT2D eigenvalue weighted by atomic mass is 35.5. The quantitative estimate of drug-likeness (QED) is 0.730. The van der Waals surface area contributed by atoms with E-state index >= 15 is 0 Å². The maximum Gasteiger partial charge on any atom is 0.212 e. The molecule has 1 N–H and O–H groups in total. The Morgan fingerprint density at radius 2 is 1.59 bits per heavy atom. The van der Waals surface area contributed by atoms with Gasteiger partial charge in [-0.2, -0.15) is 0 Å². The van der Waals surface area contributed by atoms with E-state index in [1.54, 1.807) is 0 Å². The van der Waals surface area contributed by atoms with Crippen LogP contribution in [0.5, 0.6) is 0 Å². The van der Waals surface area contributed by atoms with Crippen LogP contribution in [0.2, 0.25) is 0 Å². The number of rotatable bonds is 7. The smallest absolute Gasteiger partial charge is 0.212 e. The van der Waals surface area contributed by atoms with Crippen molar-refractivity contribution in [1.82, 2.24) is 4.72 Å². The molecule has 0 aliphatic rings. The zero-order valence-corrected chi connectivity index (χ0v) is 13.2. The number of hydrogen-bond acceptors (Lipinski definition) is 2. The second-order valence-electron chi connectivity index (χ2n) is 5.85. The van der Waals surface area contributed by atoms with Crippen LogP contribution in [-0.4, -0.2) is 25.6 Å². The van der Waals surface area contributed by atoms with Crippen molar-refractivity contribution in [3.8, 4) is 0 Å². The molecule has 0 spiro atoms. The minimum atomic E-state index is -3.24. The standard InChI is InChI=1S/C12H26ClNO2S/c1-6-12(7-2,10-13)14-17(15,16)9-8-11(3,4)5/h14H,6-10H2,1-5H3. The molecule has 3 nitrogen and oxygen atoms in total. The fraction of sp³-hybridized carbons (Fsp3) is 1.00. The van der Waals surface area contributed by atoms with Crippen molar-refractivity contribution in [1.29, 1.82) is 0 Å². The average Bonchev–Trinajstić information content (AvgIpc) is 2.23. The number of nitrogens with one attached hydrogen (secondary N) is 1. The zero-order valence-electron chi connectivity index (χ0n) is 11.6. The number of hydrogen-bond donors (Lipinski definition) is 1. The second kappa shape index (κ2) is 6.39. The molecule has 0 bridgehead atoms. The number of sulfonamides is 1. The summed E-state index contributed by atoms with van der Waals surface area (Å²) in [5.74, 6) is 0.476. The number of halogens is 1. The third-order valence-electron chi connectivity index (χ3n) is 3.10. The highest BCUT2D eigenvalue weighted by Gasteiger charge is 2.30. The SMILES string of the molecule is CCC(CC)(CCl)NS(=O)(=O)CCC(C)(C)C. The Morgan fingerprint density at radius 1 is 1.12 bits per heavy atom. The normalized spacial score (nSPS) is 14.0. The lowest BCUT2D eigenvalue weighted by atomic mass is 9.94. The summed E-state index contributed by atoms with van der Waals surface area (Å²) in [5.41, 5.74) is -0.463. The lowest BCUT2D eigenvalue weighted by Gasteiger charge is -2.30. The molecule has 0 atom stereocenters. The molecule has 0 aromatic carbocycles. The molecule has 0 heterocycles. The van der Waals surface area contributed by atoms with Gasteiger partial charge in [0, 0.05) is 11.4 Å². The topological polar surface area (TPSA) is 46.2 Å². The van der Waals surface area contributed by atoms with Crippen LogP contribution in [0.3, 0.4) is 0 Å². The van der Waals surface area contributed by atoms with Gasteiger partial charge in [0.1, 0.15) is 0 Å². The molecule has 0 aromatic rings. The van der Waals surface area contributed by atoms with Crippen LogP contribution in [-0.2, 0) is 10.0 Å². The van der Waals surface area contributed by atoms with Crippen LogP contribution in [0.1, 0.15) is 53.9 Å². The predicted molar refractivity (Wildman–Crippen MR) is 75.0 cm³/mol. The maximum atomic E-state index is 12.0. The van der Waals surface area contributed by atoms with Crippen LogP contribution >= 0.6 is 11.6 Å². The van der Waals surface area contributed by atoms with Crippen LogP contribution in [0.15, 0.2) is 0 Å². The molecule has 0 fully saturated rings. The third-order valence-corrected chi connectivity index (χ3v) is 5.10. The lowest BCUT2D eigenvalue weighted by molar-refractivity contribution is 0.379. The number of alkyl halides is 1. The molecule has 0 aliphatic carbocycles. The van der Waals surface area contributed by atoms with Gasteiger partial charge in [-0.05, 0) is 24.7 Å². The van der Waals surface area contributed by atoms with Crippen LogP contribution in [0.25, 0.3) is 0 Å². The van der Waals surface area contributed by atoms with Crippen LogP contribution in [0, 0.1) is 5.41 Å². The highest BCUT2D eigenvalue weighted by Crippen LogP contribution is 2.22. The fourth-order valence-electron chi connectivity index (χ4n) is 1.43. The largest absolute Gasteiger partial charge is 0.212 e. The first kappa shape index (κ1) is 17.2. The summed E-state index contributed by atoms with van der Waals surface area (Å²) in [7, 11) is -3.24. The molecule has 0 saturated heterocycles. The molecule has 0 aromatic heterocycles. The third kappa shape index (κ3) is 6.63. The van der Waals surface area contributed by atoms with E-state index in [9.17, 15) is 8.42 Å². The van der Waals surface area contributed by atoms with Crippen LogP contribution in [0.4, 0.5) is 0 Å². The zero-order chi connectivity index (χ0) is 13.7. The van der Waals surface area contributed by atoms with Gasteiger partial charge < -0.3 is 0 Å². The molecule has 0 radical (unpaired) electrons. The Hall–Kier alpha value is 0.200. The van der Waals surface area contributed by atoms with Crippen molar-refractivity contribution in [3.63, 3.8) is 0 Å². The van der Waals surface area contributed by atoms with Gasteiger partial charge in [-0.3, -0.25) is 0 Å². The van der Waals surface area contributed by atoms with Crippen molar-refractivity contribution in [3.05, 3.63) is 0 Å². The first-order valence-corrected chi connectivity index (χ1v) is 8.36. The molecular weight excluding hydrogens is 258 g/mol. The van der Waals surface area contributed by atoms with Crippen molar-refractivity contribution in [2.45, 2.75) is 59.4 Å². The Morgan fingerprint density at radius 3 is 1.88 bits per heavy atom. The Bertz CT molecular complexity index is 308. The average molecular weight is 284 g/mol. The minimum absolute atomic E-state index is 0.0246. The summed E-state index contributed by atoms with van der Waals surface area (Å²) in [4.78, 5) is 0. The van der Waals surface area contributed by atoms with Crippen molar-refractivity contribution < 1.29 is 8.42 Å². The molecular formula is C12H26ClNO2S. The molecule has 0 saturated carbocycles. The molecule has 0 aliphatic heterocycles. The van der Waals surface area contributed by atoms with Gasteiger partial charge >= 0.3 is 0 Å². The van der Waals surface area contributed by atoms with E-state index in [1.165, 1.54) is 0 Å². The van der Waals surface area contributed by atoms with Gasteiger partial charge in [-0.1, -0.05) is 34.6 Å². The summed E-state index contributed by atoms with van der Waals surface area (Å²) in [6.45, 7) is 10.0. The van der Waals surface area contributed by atoms with Gasteiger partial charge in [0.05, 0.1) is 5.75 Å². The Kier molecular flexibility index (Phi) is 6.47. The summed E-state index contributed by atoms with van der Waals surface area (Å²) in [6.07, 6.45) is 2.07. The second-order valence-corrected chi connectivity index (χ2v) is 7.96. The molecule has 0 unspecified atom stereocenters. The van der Waals surface area contributed by atoms with Gasteiger partial charge in [0.25, 0.3) is 0 Å². The Labute approximate surface area is 111 Å². The first-order chi connectivity index (χ1) is 7.60. The predicted octanol–water partition coefficient (Wildman–Crippen LogP) is 3.14. The molecule has 5 heteroatoms. The summed E-state index contributed by atoms with van der Waals surface area (Å²) < 4.78 is 26.8. The van der Waals surface area contributed by atoms with E-state index in [2.05, 4.69) is 4.72 Å². The Balaban J connectivity index is 4.63. The van der Waals surface area contributed by atoms with Crippen molar-refractivity contribution in [2.75, 3.05) is 11.6 Å². The summed E-state index contributed by atoms with van der Waals surface area (Å²) >= 11 is 5.89. The summed E-state index contributed by atoms with van der Waals surface area (Å²) in [6, 6.07) is 0. The van der Waals surface area contributed by atoms with Crippen LogP contribution < -0.4 is 4.72 Å². The monoisotopic (exact) mass is 283 g/mol. The van der Waals surface area contributed by atoms with Gasteiger partial charge in [-0.25, -0.2) is 13.1 Å². The van der Waals surface area contributed by atoms with Gasteiger partial charge in [0.15, 0.2) is 0 Å². The molecule has 104 valence electrons. The van der Waals surface area contributed by atoms with Crippen molar-refractivity contribution in [2.24, 2.45) is 5.41 Å². The first-order valence-electron chi connectivity index (χ1n) is 6.17. The lowest BCUT2D eigenvalue weighted by Crippen LogP contribution is -2.50. The van der Waals surface area contributed by atoms with E-state index in [1.807, 2.05) is 34.6 Å². The van der Waals surface area contributed by atoms with E-state index in [-0.39, 0.29) is 11.2 Å². The van der Waals surface area contributed by atoms with E-state index in [0.717, 1.165) is 0 Å². The fourth-order valence-corrected chi connectivity index (χ4v) is 3.96. The highest BCUT2D eigenvalue weighted by molar-refractivity contribution is 7.89. The summed E-state index contributed by atoms with van der Waals surface area (Å²) in [5, 5.41) is 0. The molecule has 17 heavy (non-hydrogen) atoms. The van der Waals surface area contributed by atoms with Gasteiger partial charge in [-0.15, -0.1) is 11.6 Å². The maximum absolute atomic E-state index is 12.0. The molecule has 0 amide bonds. The minimum Gasteiger partial charge on any atom is -0.212 e. The van der Waals surface area contributed by atoms with E-state index in [4.69, 9.17) is 11.6 Å². The van der Waals surface area contributed by atoms with E-state index in [0.29, 0.717) is 25.1 Å².